The van der Waals surface area contributed by atoms with Gasteiger partial charge in [-0.15, -0.1) is 0 Å². The zero-order valence-electron chi connectivity index (χ0n) is 8.56. The van der Waals surface area contributed by atoms with Crippen LogP contribution in [0.1, 0.15) is 0 Å². The van der Waals surface area contributed by atoms with Crippen LogP contribution in [-0.2, 0) is 0 Å². The van der Waals surface area contributed by atoms with Crippen LogP contribution in [0.4, 0.5) is 0 Å². The molecule has 0 fully saturated rings. The van der Waals surface area contributed by atoms with Gasteiger partial charge in [-0.25, -0.2) is 0 Å². The smallest absolute Gasteiger partial charge is 0.281 e. The second-order valence-electron chi connectivity index (χ2n) is 3.50. The normalized spacial score (nSPS) is 10.8. The Bertz CT molecular complexity index is 767. The standard InChI is InChI=1S/C11H7N3O2S/c15-10-9(13-14-11(17)12-10)8-5-6-3-1-2-4-7(6)16-8/h1-5H,(H2,12,14,15,17). The van der Waals surface area contributed by atoms with Crippen LogP contribution in [0.15, 0.2) is 39.5 Å². The Kier molecular flexibility index (Phi) is 2.15. The van der Waals surface area contributed by atoms with E-state index < -0.39 is 0 Å². The van der Waals surface area contributed by atoms with Gasteiger partial charge >= 0.3 is 0 Å². The molecule has 17 heavy (non-hydrogen) atoms. The zero-order chi connectivity index (χ0) is 11.8. The summed E-state index contributed by atoms with van der Waals surface area (Å²) >= 11 is 4.77. The summed E-state index contributed by atoms with van der Waals surface area (Å²) in [6.07, 6.45) is 0. The molecule has 1 aromatic carbocycles. The maximum atomic E-state index is 11.7. The van der Waals surface area contributed by atoms with E-state index in [0.717, 1.165) is 5.39 Å². The van der Waals surface area contributed by atoms with Gasteiger partial charge < -0.3 is 4.42 Å². The topological polar surface area (TPSA) is 74.7 Å². The van der Waals surface area contributed by atoms with Crippen LogP contribution in [0.5, 0.6) is 0 Å². The number of nitrogens with one attached hydrogen (secondary N) is 2. The van der Waals surface area contributed by atoms with Crippen LogP contribution in [0.3, 0.4) is 0 Å². The van der Waals surface area contributed by atoms with E-state index in [9.17, 15) is 4.79 Å². The van der Waals surface area contributed by atoms with Crippen molar-refractivity contribution in [2.45, 2.75) is 0 Å². The minimum Gasteiger partial charge on any atom is -0.454 e. The lowest BCUT2D eigenvalue weighted by atomic mass is 10.2. The number of aromatic nitrogens is 3. The first-order valence-electron chi connectivity index (χ1n) is 4.92. The molecule has 0 saturated carbocycles. The van der Waals surface area contributed by atoms with Crippen molar-refractivity contribution in [2.24, 2.45) is 0 Å². The summed E-state index contributed by atoms with van der Waals surface area (Å²) in [6.45, 7) is 0. The first-order valence-corrected chi connectivity index (χ1v) is 5.33. The van der Waals surface area contributed by atoms with E-state index in [0.29, 0.717) is 11.3 Å². The Hall–Kier alpha value is -2.21. The molecule has 6 heteroatoms. The summed E-state index contributed by atoms with van der Waals surface area (Å²) in [5, 5.41) is 7.33. The van der Waals surface area contributed by atoms with Gasteiger partial charge in [0, 0.05) is 5.39 Å². The highest BCUT2D eigenvalue weighted by Gasteiger charge is 2.10. The fraction of sp³-hybridized carbons (Fsp3) is 0. The Morgan fingerprint density at radius 1 is 1.29 bits per heavy atom. The summed E-state index contributed by atoms with van der Waals surface area (Å²) < 4.78 is 5.73. The molecule has 0 bridgehead atoms. The summed E-state index contributed by atoms with van der Waals surface area (Å²) in [7, 11) is 0. The van der Waals surface area contributed by atoms with Gasteiger partial charge in [-0.05, 0) is 24.4 Å². The number of furan rings is 1. The number of rotatable bonds is 1. The molecule has 0 amide bonds. The van der Waals surface area contributed by atoms with E-state index >= 15 is 0 Å². The van der Waals surface area contributed by atoms with Crippen molar-refractivity contribution in [3.8, 4) is 11.5 Å². The molecular formula is C11H7N3O2S. The fourth-order valence-electron chi connectivity index (χ4n) is 1.61. The molecule has 3 aromatic rings. The zero-order valence-corrected chi connectivity index (χ0v) is 9.38. The van der Waals surface area contributed by atoms with E-state index in [1.165, 1.54) is 0 Å². The number of hydrogen-bond donors (Lipinski definition) is 2. The molecule has 0 radical (unpaired) electrons. The van der Waals surface area contributed by atoms with E-state index in [-0.39, 0.29) is 16.0 Å². The minimum atomic E-state index is -0.368. The lowest BCUT2D eigenvalue weighted by Crippen LogP contribution is -2.12. The summed E-state index contributed by atoms with van der Waals surface area (Å²) in [5.41, 5.74) is 0.536. The summed E-state index contributed by atoms with van der Waals surface area (Å²) in [6, 6.07) is 9.27. The van der Waals surface area contributed by atoms with E-state index in [1.54, 1.807) is 6.07 Å². The summed E-state index contributed by atoms with van der Waals surface area (Å²) in [5.74, 6) is 0.415. The van der Waals surface area contributed by atoms with Crippen molar-refractivity contribution >= 4 is 23.2 Å². The number of para-hydroxylation sites is 1. The highest BCUT2D eigenvalue weighted by atomic mass is 32.1. The van der Waals surface area contributed by atoms with Crippen molar-refractivity contribution in [1.82, 2.24) is 15.2 Å². The number of nitrogens with zero attached hydrogens (tertiary/aromatic N) is 1. The van der Waals surface area contributed by atoms with Gasteiger partial charge in [0.05, 0.1) is 0 Å². The van der Waals surface area contributed by atoms with Gasteiger partial charge in [-0.1, -0.05) is 18.2 Å². The molecule has 0 unspecified atom stereocenters. The van der Waals surface area contributed by atoms with Crippen LogP contribution in [-0.4, -0.2) is 15.2 Å². The largest absolute Gasteiger partial charge is 0.454 e. The van der Waals surface area contributed by atoms with Crippen LogP contribution >= 0.6 is 12.2 Å². The molecule has 2 N–H and O–H groups in total. The van der Waals surface area contributed by atoms with E-state index in [1.807, 2.05) is 24.3 Å². The van der Waals surface area contributed by atoms with Gasteiger partial charge in [0.25, 0.3) is 5.56 Å². The van der Waals surface area contributed by atoms with Crippen molar-refractivity contribution in [1.29, 1.82) is 0 Å². The highest BCUT2D eigenvalue weighted by Crippen LogP contribution is 2.23. The van der Waals surface area contributed by atoms with E-state index in [2.05, 4.69) is 15.2 Å². The highest BCUT2D eigenvalue weighted by molar-refractivity contribution is 7.71. The number of fused-ring (bicyclic) bond motifs is 1. The third-order valence-corrected chi connectivity index (χ3v) is 2.56. The average Bonchev–Trinajstić information content (AvgIpc) is 2.72. The predicted molar refractivity (Wildman–Crippen MR) is 65.3 cm³/mol. The SMILES string of the molecule is O=c1[nH]c(=S)[nH]nc1-c1cc2ccccc2o1. The Labute approximate surface area is 100 Å². The molecule has 5 nitrogen and oxygen atoms in total. The van der Waals surface area contributed by atoms with Gasteiger partial charge in [-0.2, -0.15) is 5.10 Å². The monoisotopic (exact) mass is 245 g/mol. The van der Waals surface area contributed by atoms with Gasteiger partial charge in [0.2, 0.25) is 0 Å². The van der Waals surface area contributed by atoms with Crippen LogP contribution < -0.4 is 5.56 Å². The molecule has 0 saturated heterocycles. The Morgan fingerprint density at radius 3 is 2.88 bits per heavy atom. The first-order chi connectivity index (χ1) is 8.24. The van der Waals surface area contributed by atoms with Gasteiger partial charge in [0.1, 0.15) is 5.58 Å². The van der Waals surface area contributed by atoms with Crippen LogP contribution in [0.2, 0.25) is 0 Å². The molecule has 0 aliphatic rings. The third-order valence-electron chi connectivity index (χ3n) is 2.37. The van der Waals surface area contributed by atoms with Crippen molar-refractivity contribution in [3.63, 3.8) is 0 Å². The van der Waals surface area contributed by atoms with Gasteiger partial charge in [-0.3, -0.25) is 14.9 Å². The Morgan fingerprint density at radius 2 is 2.12 bits per heavy atom. The second-order valence-corrected chi connectivity index (χ2v) is 3.91. The molecule has 84 valence electrons. The number of benzene rings is 1. The van der Waals surface area contributed by atoms with Crippen molar-refractivity contribution in [3.05, 3.63) is 45.5 Å². The van der Waals surface area contributed by atoms with Crippen LogP contribution in [0, 0.1) is 4.77 Å². The lowest BCUT2D eigenvalue weighted by Gasteiger charge is -1.92. The second kappa shape index (κ2) is 3.67. The average molecular weight is 245 g/mol. The molecule has 2 aromatic heterocycles. The first kappa shape index (κ1) is 9.98. The minimum absolute atomic E-state index is 0.190. The molecule has 0 aliphatic heterocycles. The third kappa shape index (κ3) is 1.68. The summed E-state index contributed by atoms with van der Waals surface area (Å²) in [4.78, 5) is 14.1. The van der Waals surface area contributed by atoms with Crippen molar-refractivity contribution in [2.75, 3.05) is 0 Å². The van der Waals surface area contributed by atoms with Crippen LogP contribution in [0.25, 0.3) is 22.4 Å². The number of hydrogen-bond acceptors (Lipinski definition) is 4. The Balaban J connectivity index is 2.27. The maximum absolute atomic E-state index is 11.7. The lowest BCUT2D eigenvalue weighted by molar-refractivity contribution is 0.624. The molecule has 0 atom stereocenters. The molecule has 0 spiro atoms. The fourth-order valence-corrected chi connectivity index (χ4v) is 1.75. The van der Waals surface area contributed by atoms with E-state index in [4.69, 9.17) is 16.6 Å². The molecule has 2 heterocycles. The quantitative estimate of drug-likeness (QED) is 0.645. The van der Waals surface area contributed by atoms with Gasteiger partial charge in [0.15, 0.2) is 16.2 Å². The molecule has 0 aliphatic carbocycles. The maximum Gasteiger partial charge on any atom is 0.281 e. The number of H-pyrrole nitrogens is 2. The van der Waals surface area contributed by atoms with Crippen molar-refractivity contribution < 1.29 is 4.42 Å². The molecular weight excluding hydrogens is 238 g/mol. The predicted octanol–water partition coefficient (Wildman–Crippen LogP) is 2.24. The number of aromatic amines is 2. The molecule has 3 rings (SSSR count).